The predicted octanol–water partition coefficient (Wildman–Crippen LogP) is 1.95. The second kappa shape index (κ2) is 4.53. The molecular weight excluding hydrogens is 296 g/mol. The maximum Gasteiger partial charge on any atom is 0.256 e. The van der Waals surface area contributed by atoms with Gasteiger partial charge in [-0.1, -0.05) is 0 Å². The molecule has 0 radical (unpaired) electrons. The highest BCUT2D eigenvalue weighted by Crippen LogP contribution is 2.19. The van der Waals surface area contributed by atoms with Gasteiger partial charge in [-0.15, -0.1) is 0 Å². The van der Waals surface area contributed by atoms with Gasteiger partial charge in [-0.2, -0.15) is 0 Å². The molecule has 1 aliphatic heterocycles. The quantitative estimate of drug-likeness (QED) is 0.845. The van der Waals surface area contributed by atoms with Crippen molar-refractivity contribution in [2.24, 2.45) is 0 Å². The zero-order valence-electron chi connectivity index (χ0n) is 9.53. The van der Waals surface area contributed by atoms with Crippen molar-refractivity contribution in [1.82, 2.24) is 15.0 Å². The first kappa shape index (κ1) is 11.4. The molecule has 92 valence electrons. The van der Waals surface area contributed by atoms with E-state index < -0.39 is 0 Å². The van der Waals surface area contributed by atoms with E-state index in [1.54, 1.807) is 6.20 Å². The molecule has 0 bridgehead atoms. The van der Waals surface area contributed by atoms with Gasteiger partial charge >= 0.3 is 0 Å². The fraction of sp³-hybridized carbons (Fsp3) is 0.250. The average molecular weight is 307 g/mol. The van der Waals surface area contributed by atoms with E-state index in [4.69, 9.17) is 0 Å². The van der Waals surface area contributed by atoms with Crippen molar-refractivity contribution in [3.8, 4) is 11.5 Å². The summed E-state index contributed by atoms with van der Waals surface area (Å²) in [6.07, 6.45) is 3.43. The number of nitrogens with zero attached hydrogens (tertiary/aromatic N) is 2. The fourth-order valence-electron chi connectivity index (χ4n) is 1.99. The number of hydrogen-bond acceptors (Lipinski definition) is 4. The molecule has 0 amide bonds. The summed E-state index contributed by atoms with van der Waals surface area (Å²) in [6, 6.07) is 3.69. The van der Waals surface area contributed by atoms with Crippen LogP contribution in [0, 0.1) is 0 Å². The minimum atomic E-state index is -0.0769. The Morgan fingerprint density at radius 2 is 2.22 bits per heavy atom. The normalized spacial score (nSPS) is 13.8. The van der Waals surface area contributed by atoms with Crippen LogP contribution in [0.4, 0.5) is 5.82 Å². The van der Waals surface area contributed by atoms with Crippen molar-refractivity contribution >= 4 is 21.7 Å². The largest absolute Gasteiger partial charge is 0.370 e. The van der Waals surface area contributed by atoms with Gasteiger partial charge in [-0.05, 0) is 40.9 Å². The zero-order valence-corrected chi connectivity index (χ0v) is 11.1. The zero-order chi connectivity index (χ0) is 12.5. The van der Waals surface area contributed by atoms with Gasteiger partial charge in [0.05, 0.1) is 5.56 Å². The Kier molecular flexibility index (Phi) is 2.87. The molecule has 0 saturated carbocycles. The van der Waals surface area contributed by atoms with Crippen molar-refractivity contribution in [3.05, 3.63) is 38.7 Å². The van der Waals surface area contributed by atoms with Crippen LogP contribution in [0.1, 0.15) is 12.0 Å². The minimum Gasteiger partial charge on any atom is -0.370 e. The maximum atomic E-state index is 12.0. The number of aromatic nitrogens is 3. The Morgan fingerprint density at radius 1 is 1.33 bits per heavy atom. The van der Waals surface area contributed by atoms with Crippen molar-refractivity contribution < 1.29 is 0 Å². The number of halogens is 1. The van der Waals surface area contributed by atoms with Crippen LogP contribution in [-0.2, 0) is 6.42 Å². The van der Waals surface area contributed by atoms with Gasteiger partial charge in [0.25, 0.3) is 5.56 Å². The Labute approximate surface area is 112 Å². The van der Waals surface area contributed by atoms with Crippen molar-refractivity contribution in [1.29, 1.82) is 0 Å². The smallest absolute Gasteiger partial charge is 0.256 e. The molecule has 3 heterocycles. The maximum absolute atomic E-state index is 12.0. The lowest BCUT2D eigenvalue weighted by atomic mass is 10.1. The van der Waals surface area contributed by atoms with Gasteiger partial charge in [0, 0.05) is 17.2 Å². The third-order valence-electron chi connectivity index (χ3n) is 2.88. The van der Waals surface area contributed by atoms with Gasteiger partial charge < -0.3 is 10.3 Å². The molecule has 0 unspecified atom stereocenters. The molecule has 0 aromatic carbocycles. The first-order chi connectivity index (χ1) is 8.74. The minimum absolute atomic E-state index is 0.0769. The predicted molar refractivity (Wildman–Crippen MR) is 72.6 cm³/mol. The van der Waals surface area contributed by atoms with Crippen LogP contribution < -0.4 is 10.9 Å². The van der Waals surface area contributed by atoms with Crippen LogP contribution in [0.25, 0.3) is 11.5 Å². The number of anilines is 1. The Hall–Kier alpha value is -1.69. The van der Waals surface area contributed by atoms with Crippen LogP contribution in [0.15, 0.2) is 27.6 Å². The van der Waals surface area contributed by atoms with Gasteiger partial charge in [0.15, 0.2) is 5.82 Å². The highest BCUT2D eigenvalue weighted by atomic mass is 79.9. The first-order valence-electron chi connectivity index (χ1n) is 5.73. The van der Waals surface area contributed by atoms with Crippen molar-refractivity contribution in [3.63, 3.8) is 0 Å². The van der Waals surface area contributed by atoms with Crippen LogP contribution in [0.5, 0.6) is 0 Å². The molecule has 2 aromatic heterocycles. The fourth-order valence-corrected chi connectivity index (χ4v) is 2.22. The summed E-state index contributed by atoms with van der Waals surface area (Å²) >= 11 is 3.33. The number of hydrogen-bond donors (Lipinski definition) is 2. The Balaban J connectivity index is 2.11. The van der Waals surface area contributed by atoms with Gasteiger partial charge in [-0.25, -0.2) is 4.98 Å². The van der Waals surface area contributed by atoms with Crippen LogP contribution in [0.2, 0.25) is 0 Å². The molecule has 0 spiro atoms. The monoisotopic (exact) mass is 306 g/mol. The van der Waals surface area contributed by atoms with E-state index in [0.717, 1.165) is 29.4 Å². The van der Waals surface area contributed by atoms with Gasteiger partial charge in [0.2, 0.25) is 0 Å². The topological polar surface area (TPSA) is 70.7 Å². The van der Waals surface area contributed by atoms with Crippen LogP contribution in [0.3, 0.4) is 0 Å². The second-order valence-corrected chi connectivity index (χ2v) is 5.05. The number of aromatic amines is 1. The molecule has 3 rings (SSSR count). The van der Waals surface area contributed by atoms with E-state index >= 15 is 0 Å². The average Bonchev–Trinajstić information content (AvgIpc) is 2.39. The summed E-state index contributed by atoms with van der Waals surface area (Å²) in [6.45, 7) is 0.858. The summed E-state index contributed by atoms with van der Waals surface area (Å²) in [5.74, 6) is 1.19. The number of nitrogens with one attached hydrogen (secondary N) is 2. The lowest BCUT2D eigenvalue weighted by Crippen LogP contribution is -2.24. The molecule has 18 heavy (non-hydrogen) atoms. The van der Waals surface area contributed by atoms with Crippen molar-refractivity contribution in [2.75, 3.05) is 11.9 Å². The van der Waals surface area contributed by atoms with E-state index in [1.165, 1.54) is 0 Å². The van der Waals surface area contributed by atoms with E-state index in [1.807, 2.05) is 12.1 Å². The third-order valence-corrected chi connectivity index (χ3v) is 3.35. The second-order valence-electron chi connectivity index (χ2n) is 4.13. The molecular formula is C12H11BrN4O. The third kappa shape index (κ3) is 2.03. The Bertz CT molecular complexity index is 636. The molecule has 0 atom stereocenters. The van der Waals surface area contributed by atoms with Gasteiger partial charge in [0.1, 0.15) is 11.5 Å². The highest BCUT2D eigenvalue weighted by molar-refractivity contribution is 9.10. The first-order valence-corrected chi connectivity index (χ1v) is 6.52. The SMILES string of the molecule is O=c1[nH]c(-c2ccc(Br)cn2)nc2c1CCCN2. The molecule has 6 heteroatoms. The number of fused-ring (bicyclic) bond motifs is 1. The molecule has 0 fully saturated rings. The summed E-state index contributed by atoms with van der Waals surface area (Å²) in [5.41, 5.74) is 1.32. The summed E-state index contributed by atoms with van der Waals surface area (Å²) in [4.78, 5) is 23.4. The summed E-state index contributed by atoms with van der Waals surface area (Å²) in [7, 11) is 0. The van der Waals surface area contributed by atoms with E-state index in [-0.39, 0.29) is 5.56 Å². The van der Waals surface area contributed by atoms with E-state index in [2.05, 4.69) is 36.2 Å². The number of H-pyrrole nitrogens is 1. The molecule has 0 saturated heterocycles. The molecule has 2 aromatic rings. The highest BCUT2D eigenvalue weighted by Gasteiger charge is 2.15. The molecule has 2 N–H and O–H groups in total. The standard InChI is InChI=1S/C12H11BrN4O/c13-7-3-4-9(15-6-7)11-16-10-8(12(18)17-11)2-1-5-14-10/h3-4,6H,1-2,5H2,(H2,14,16,17,18). The summed E-state index contributed by atoms with van der Waals surface area (Å²) < 4.78 is 0.893. The molecule has 0 aliphatic carbocycles. The molecule has 5 nitrogen and oxygen atoms in total. The summed E-state index contributed by atoms with van der Waals surface area (Å²) in [5, 5.41) is 3.16. The Morgan fingerprint density at radius 3 is 3.00 bits per heavy atom. The van der Waals surface area contributed by atoms with Crippen LogP contribution >= 0.6 is 15.9 Å². The number of rotatable bonds is 1. The van der Waals surface area contributed by atoms with Gasteiger partial charge in [-0.3, -0.25) is 9.78 Å². The van der Waals surface area contributed by atoms with Crippen LogP contribution in [-0.4, -0.2) is 21.5 Å². The van der Waals surface area contributed by atoms with Crippen molar-refractivity contribution in [2.45, 2.75) is 12.8 Å². The van der Waals surface area contributed by atoms with E-state index in [0.29, 0.717) is 17.3 Å². The lowest BCUT2D eigenvalue weighted by molar-refractivity contribution is 0.799. The van der Waals surface area contributed by atoms with E-state index in [9.17, 15) is 4.79 Å². The molecule has 1 aliphatic rings. The lowest BCUT2D eigenvalue weighted by Gasteiger charge is -2.16. The number of pyridine rings is 1.